The van der Waals surface area contributed by atoms with Crippen molar-refractivity contribution in [2.24, 2.45) is 5.92 Å². The van der Waals surface area contributed by atoms with Gasteiger partial charge in [0.2, 0.25) is 0 Å². The van der Waals surface area contributed by atoms with Gasteiger partial charge in [-0.05, 0) is 50.4 Å². The van der Waals surface area contributed by atoms with E-state index in [0.29, 0.717) is 16.7 Å². The summed E-state index contributed by atoms with van der Waals surface area (Å²) in [6.07, 6.45) is 3.25. The SMILES string of the molecule is O=c1cc(CC2CCCNC2)nc2cccc(Cl)n12. The van der Waals surface area contributed by atoms with Gasteiger partial charge in [0.25, 0.3) is 5.56 Å². The molecule has 3 rings (SSSR count). The molecule has 1 atom stereocenters. The molecule has 1 unspecified atom stereocenters. The van der Waals surface area contributed by atoms with Crippen molar-refractivity contribution < 1.29 is 0 Å². The Kier molecular flexibility index (Phi) is 3.53. The third kappa shape index (κ3) is 2.65. The molecule has 1 fully saturated rings. The van der Waals surface area contributed by atoms with Gasteiger partial charge in [-0.2, -0.15) is 0 Å². The molecule has 0 aliphatic carbocycles. The van der Waals surface area contributed by atoms with Crippen LogP contribution in [-0.4, -0.2) is 22.5 Å². The van der Waals surface area contributed by atoms with E-state index in [1.807, 2.05) is 12.1 Å². The van der Waals surface area contributed by atoms with Crippen molar-refractivity contribution in [3.05, 3.63) is 45.5 Å². The highest BCUT2D eigenvalue weighted by Gasteiger charge is 2.15. The summed E-state index contributed by atoms with van der Waals surface area (Å²) in [6, 6.07) is 6.93. The minimum Gasteiger partial charge on any atom is -0.316 e. The first kappa shape index (κ1) is 12.6. The summed E-state index contributed by atoms with van der Waals surface area (Å²) in [5, 5.41) is 3.79. The van der Waals surface area contributed by atoms with Crippen LogP contribution >= 0.6 is 11.6 Å². The normalized spacial score (nSPS) is 19.7. The molecule has 1 saturated heterocycles. The number of nitrogens with one attached hydrogen (secondary N) is 1. The molecule has 4 nitrogen and oxygen atoms in total. The van der Waals surface area contributed by atoms with E-state index in [4.69, 9.17) is 11.6 Å². The minimum atomic E-state index is -0.102. The lowest BCUT2D eigenvalue weighted by molar-refractivity contribution is 0.373. The standard InChI is InChI=1S/C14H16ClN3O/c15-12-4-1-5-13-17-11(8-14(19)18(12)13)7-10-3-2-6-16-9-10/h1,4-5,8,10,16H,2-3,6-7,9H2. The Hall–Kier alpha value is -1.39. The molecular weight excluding hydrogens is 262 g/mol. The zero-order valence-corrected chi connectivity index (χ0v) is 11.4. The number of fused-ring (bicyclic) bond motifs is 1. The highest BCUT2D eigenvalue weighted by molar-refractivity contribution is 6.29. The second-order valence-electron chi connectivity index (χ2n) is 5.04. The fourth-order valence-electron chi connectivity index (χ4n) is 2.66. The van der Waals surface area contributed by atoms with Crippen LogP contribution in [0.2, 0.25) is 5.15 Å². The Bertz CT molecular complexity index is 647. The van der Waals surface area contributed by atoms with Crippen molar-refractivity contribution in [2.75, 3.05) is 13.1 Å². The molecule has 100 valence electrons. The molecule has 0 spiro atoms. The largest absolute Gasteiger partial charge is 0.316 e. The van der Waals surface area contributed by atoms with Crippen LogP contribution in [-0.2, 0) is 6.42 Å². The first-order valence-electron chi connectivity index (χ1n) is 6.62. The molecule has 1 N–H and O–H groups in total. The van der Waals surface area contributed by atoms with Crippen molar-refractivity contribution in [1.29, 1.82) is 0 Å². The van der Waals surface area contributed by atoms with Gasteiger partial charge in [-0.1, -0.05) is 17.7 Å². The number of rotatable bonds is 2. The van der Waals surface area contributed by atoms with Crippen molar-refractivity contribution in [3.63, 3.8) is 0 Å². The van der Waals surface area contributed by atoms with Gasteiger partial charge in [-0.15, -0.1) is 0 Å². The summed E-state index contributed by atoms with van der Waals surface area (Å²) < 4.78 is 1.43. The molecule has 1 aliphatic rings. The van der Waals surface area contributed by atoms with E-state index in [0.717, 1.165) is 25.2 Å². The van der Waals surface area contributed by atoms with Gasteiger partial charge < -0.3 is 5.32 Å². The molecule has 2 aromatic heterocycles. The van der Waals surface area contributed by atoms with E-state index in [2.05, 4.69) is 10.3 Å². The van der Waals surface area contributed by atoms with E-state index >= 15 is 0 Å². The van der Waals surface area contributed by atoms with Crippen LogP contribution in [0.3, 0.4) is 0 Å². The number of pyridine rings is 1. The first-order chi connectivity index (χ1) is 9.24. The molecule has 0 radical (unpaired) electrons. The fraction of sp³-hybridized carbons (Fsp3) is 0.429. The number of aromatic nitrogens is 2. The van der Waals surface area contributed by atoms with Crippen molar-refractivity contribution in [3.8, 4) is 0 Å². The number of hydrogen-bond donors (Lipinski definition) is 1. The Morgan fingerprint density at radius 2 is 2.37 bits per heavy atom. The second-order valence-corrected chi connectivity index (χ2v) is 5.43. The third-order valence-electron chi connectivity index (χ3n) is 3.59. The van der Waals surface area contributed by atoms with Gasteiger partial charge in [-0.25, -0.2) is 4.98 Å². The maximum Gasteiger partial charge on any atom is 0.259 e. The molecule has 0 amide bonds. The molecule has 0 bridgehead atoms. The highest BCUT2D eigenvalue weighted by Crippen LogP contribution is 2.16. The maximum atomic E-state index is 12.1. The number of halogens is 1. The number of piperidine rings is 1. The Balaban J connectivity index is 1.94. The van der Waals surface area contributed by atoms with Gasteiger partial charge in [0.15, 0.2) is 0 Å². The predicted octanol–water partition coefficient (Wildman–Crippen LogP) is 1.89. The lowest BCUT2D eigenvalue weighted by atomic mass is 9.94. The van der Waals surface area contributed by atoms with Gasteiger partial charge in [0.05, 0.1) is 0 Å². The Morgan fingerprint density at radius 1 is 1.47 bits per heavy atom. The lowest BCUT2D eigenvalue weighted by Gasteiger charge is -2.22. The molecule has 5 heteroatoms. The minimum absolute atomic E-state index is 0.102. The molecule has 19 heavy (non-hydrogen) atoms. The Labute approximate surface area is 116 Å². The van der Waals surface area contributed by atoms with Gasteiger partial charge in [0, 0.05) is 11.8 Å². The van der Waals surface area contributed by atoms with Crippen molar-refractivity contribution >= 4 is 17.2 Å². The molecule has 0 aromatic carbocycles. The monoisotopic (exact) mass is 277 g/mol. The summed E-state index contributed by atoms with van der Waals surface area (Å²) in [5.41, 5.74) is 1.38. The van der Waals surface area contributed by atoms with Crippen LogP contribution in [0.25, 0.3) is 5.65 Å². The smallest absolute Gasteiger partial charge is 0.259 e. The average molecular weight is 278 g/mol. The molecule has 3 heterocycles. The van der Waals surface area contributed by atoms with Gasteiger partial charge in [-0.3, -0.25) is 9.20 Å². The molecule has 2 aromatic rings. The number of hydrogen-bond acceptors (Lipinski definition) is 3. The van der Waals surface area contributed by atoms with Crippen LogP contribution < -0.4 is 10.9 Å². The van der Waals surface area contributed by atoms with E-state index in [1.54, 1.807) is 12.1 Å². The highest BCUT2D eigenvalue weighted by atomic mass is 35.5. The maximum absolute atomic E-state index is 12.1. The zero-order valence-electron chi connectivity index (χ0n) is 10.6. The van der Waals surface area contributed by atoms with E-state index in [1.165, 1.54) is 17.2 Å². The van der Waals surface area contributed by atoms with Gasteiger partial charge >= 0.3 is 0 Å². The van der Waals surface area contributed by atoms with Gasteiger partial charge in [0.1, 0.15) is 10.8 Å². The molecule has 0 saturated carbocycles. The third-order valence-corrected chi connectivity index (χ3v) is 3.88. The van der Waals surface area contributed by atoms with E-state index in [-0.39, 0.29) is 5.56 Å². The number of nitrogens with zero attached hydrogens (tertiary/aromatic N) is 2. The molecular formula is C14H16ClN3O. The van der Waals surface area contributed by atoms with Crippen LogP contribution in [0.4, 0.5) is 0 Å². The van der Waals surface area contributed by atoms with Crippen LogP contribution in [0.1, 0.15) is 18.5 Å². The average Bonchev–Trinajstić information content (AvgIpc) is 2.39. The van der Waals surface area contributed by atoms with Crippen LogP contribution in [0.15, 0.2) is 29.1 Å². The predicted molar refractivity (Wildman–Crippen MR) is 75.8 cm³/mol. The summed E-state index contributed by atoms with van der Waals surface area (Å²) in [6.45, 7) is 2.11. The Morgan fingerprint density at radius 3 is 3.16 bits per heavy atom. The topological polar surface area (TPSA) is 46.4 Å². The van der Waals surface area contributed by atoms with Crippen LogP contribution in [0, 0.1) is 5.92 Å². The lowest BCUT2D eigenvalue weighted by Crippen LogP contribution is -2.31. The summed E-state index contributed by atoms with van der Waals surface area (Å²) >= 11 is 6.02. The van der Waals surface area contributed by atoms with Crippen LogP contribution in [0.5, 0.6) is 0 Å². The van der Waals surface area contributed by atoms with Crippen molar-refractivity contribution in [2.45, 2.75) is 19.3 Å². The summed E-state index contributed by atoms with van der Waals surface area (Å²) in [5.74, 6) is 0.572. The van der Waals surface area contributed by atoms with E-state index < -0.39 is 0 Å². The first-order valence-corrected chi connectivity index (χ1v) is 7.00. The zero-order chi connectivity index (χ0) is 13.2. The summed E-state index contributed by atoms with van der Waals surface area (Å²) in [4.78, 5) is 16.6. The molecule has 1 aliphatic heterocycles. The van der Waals surface area contributed by atoms with Crippen molar-refractivity contribution in [1.82, 2.24) is 14.7 Å². The fourth-order valence-corrected chi connectivity index (χ4v) is 2.91. The summed E-state index contributed by atoms with van der Waals surface area (Å²) in [7, 11) is 0. The van der Waals surface area contributed by atoms with E-state index in [9.17, 15) is 4.79 Å². The second kappa shape index (κ2) is 5.31. The quantitative estimate of drug-likeness (QED) is 0.853.